The van der Waals surface area contributed by atoms with Crippen LogP contribution in [0, 0.1) is 10.1 Å². The third-order valence-electron chi connectivity index (χ3n) is 2.68. The van der Waals surface area contributed by atoms with Gasteiger partial charge in [-0.3, -0.25) is 14.9 Å². The molecule has 1 amide bonds. The minimum atomic E-state index is -1.14. The van der Waals surface area contributed by atoms with Crippen molar-refractivity contribution in [3.63, 3.8) is 0 Å². The fourth-order valence-electron chi connectivity index (χ4n) is 1.62. The van der Waals surface area contributed by atoms with Gasteiger partial charge in [-0.25, -0.2) is 4.79 Å². The molecule has 1 heterocycles. The lowest BCUT2D eigenvalue weighted by atomic mass is 10.2. The van der Waals surface area contributed by atoms with Crippen LogP contribution < -0.4 is 5.32 Å². The summed E-state index contributed by atoms with van der Waals surface area (Å²) >= 11 is 0. The monoisotopic (exact) mass is 269 g/mol. The van der Waals surface area contributed by atoms with Crippen LogP contribution in [0.4, 0.5) is 5.69 Å². The van der Waals surface area contributed by atoms with Crippen molar-refractivity contribution < 1.29 is 19.6 Å². The molecule has 1 aromatic heterocycles. The highest BCUT2D eigenvalue weighted by Crippen LogP contribution is 2.16. The molecule has 0 aliphatic rings. The van der Waals surface area contributed by atoms with E-state index in [9.17, 15) is 19.7 Å². The maximum absolute atomic E-state index is 11.9. The summed E-state index contributed by atoms with van der Waals surface area (Å²) < 4.78 is 1.40. The Morgan fingerprint density at radius 2 is 2.16 bits per heavy atom. The van der Waals surface area contributed by atoms with Gasteiger partial charge in [0, 0.05) is 12.6 Å². The first-order valence-electron chi connectivity index (χ1n) is 5.78. The number of carboxylic acid groups (broad SMARTS) is 1. The second kappa shape index (κ2) is 5.98. The SMILES string of the molecule is CC[C@@H](NC(=O)c1cc([N+](=O)[O-])cn1CC)C(=O)O. The highest BCUT2D eigenvalue weighted by Gasteiger charge is 2.23. The molecular weight excluding hydrogens is 254 g/mol. The number of amides is 1. The normalized spacial score (nSPS) is 11.9. The summed E-state index contributed by atoms with van der Waals surface area (Å²) in [5.74, 6) is -1.77. The van der Waals surface area contributed by atoms with E-state index in [-0.39, 0.29) is 17.8 Å². The molecule has 0 aliphatic carbocycles. The van der Waals surface area contributed by atoms with Crippen LogP contribution >= 0.6 is 0 Å². The predicted octanol–water partition coefficient (Wildman–Crippen LogP) is 1.01. The smallest absolute Gasteiger partial charge is 0.326 e. The van der Waals surface area contributed by atoms with E-state index >= 15 is 0 Å². The molecule has 8 heteroatoms. The van der Waals surface area contributed by atoms with E-state index in [1.165, 1.54) is 10.8 Å². The maximum atomic E-state index is 11.9. The summed E-state index contributed by atoms with van der Waals surface area (Å²) in [5.41, 5.74) is -0.121. The average molecular weight is 269 g/mol. The van der Waals surface area contributed by atoms with E-state index in [2.05, 4.69) is 5.32 Å². The van der Waals surface area contributed by atoms with Crippen LogP contribution in [-0.2, 0) is 11.3 Å². The van der Waals surface area contributed by atoms with Gasteiger partial charge in [0.05, 0.1) is 11.1 Å². The van der Waals surface area contributed by atoms with Crippen molar-refractivity contribution in [2.45, 2.75) is 32.9 Å². The molecule has 19 heavy (non-hydrogen) atoms. The standard InChI is InChI=1S/C11H15N3O5/c1-3-8(11(16)17)12-10(15)9-5-7(14(18)19)6-13(9)4-2/h5-6,8H,3-4H2,1-2H3,(H,12,15)(H,16,17)/t8-/m1/s1. The first-order valence-corrected chi connectivity index (χ1v) is 5.78. The average Bonchev–Trinajstić information content (AvgIpc) is 2.79. The Hall–Kier alpha value is -2.38. The van der Waals surface area contributed by atoms with Gasteiger partial charge >= 0.3 is 5.97 Å². The molecule has 8 nitrogen and oxygen atoms in total. The molecule has 0 saturated heterocycles. The maximum Gasteiger partial charge on any atom is 0.326 e. The zero-order valence-electron chi connectivity index (χ0n) is 10.6. The molecular formula is C11H15N3O5. The van der Waals surface area contributed by atoms with Gasteiger partial charge in [0.15, 0.2) is 0 Å². The van der Waals surface area contributed by atoms with E-state index in [4.69, 9.17) is 5.11 Å². The number of carboxylic acids is 1. The molecule has 0 spiro atoms. The molecule has 0 saturated carbocycles. The van der Waals surface area contributed by atoms with Crippen LogP contribution in [-0.4, -0.2) is 32.5 Å². The third kappa shape index (κ3) is 3.30. The fraction of sp³-hybridized carbons (Fsp3) is 0.455. The molecule has 1 aromatic rings. The van der Waals surface area contributed by atoms with Crippen LogP contribution in [0.1, 0.15) is 30.8 Å². The second-order valence-corrected chi connectivity index (χ2v) is 3.90. The van der Waals surface area contributed by atoms with Crippen LogP contribution in [0.15, 0.2) is 12.3 Å². The summed E-state index contributed by atoms with van der Waals surface area (Å²) in [4.78, 5) is 32.8. The van der Waals surface area contributed by atoms with Crippen molar-refractivity contribution >= 4 is 17.6 Å². The lowest BCUT2D eigenvalue weighted by Crippen LogP contribution is -2.40. The molecule has 1 atom stereocenters. The number of rotatable bonds is 6. The van der Waals surface area contributed by atoms with Gasteiger partial charge in [-0.2, -0.15) is 0 Å². The predicted molar refractivity (Wildman–Crippen MR) is 65.9 cm³/mol. The van der Waals surface area contributed by atoms with Crippen LogP contribution in [0.25, 0.3) is 0 Å². The largest absolute Gasteiger partial charge is 0.480 e. The number of carbonyl (C=O) groups is 2. The quantitative estimate of drug-likeness (QED) is 0.590. The van der Waals surface area contributed by atoms with Gasteiger partial charge in [0.25, 0.3) is 11.6 Å². The van der Waals surface area contributed by atoms with Crippen molar-refractivity contribution in [1.82, 2.24) is 9.88 Å². The number of hydrogen-bond acceptors (Lipinski definition) is 4. The van der Waals surface area contributed by atoms with Crippen LogP contribution in [0.5, 0.6) is 0 Å². The number of nitrogens with one attached hydrogen (secondary N) is 1. The Morgan fingerprint density at radius 1 is 1.53 bits per heavy atom. The van der Waals surface area contributed by atoms with E-state index in [0.29, 0.717) is 6.54 Å². The van der Waals surface area contributed by atoms with Crippen molar-refractivity contribution in [2.24, 2.45) is 0 Å². The van der Waals surface area contributed by atoms with E-state index < -0.39 is 22.8 Å². The van der Waals surface area contributed by atoms with Crippen LogP contribution in [0.3, 0.4) is 0 Å². The number of nitro groups is 1. The Kier molecular flexibility index (Phi) is 4.62. The Morgan fingerprint density at radius 3 is 2.58 bits per heavy atom. The van der Waals surface area contributed by atoms with Crippen molar-refractivity contribution in [3.05, 3.63) is 28.1 Å². The van der Waals surface area contributed by atoms with Crippen molar-refractivity contribution in [1.29, 1.82) is 0 Å². The molecule has 1 rings (SSSR count). The molecule has 104 valence electrons. The summed E-state index contributed by atoms with van der Waals surface area (Å²) in [6, 6.07) is 0.125. The molecule has 0 aliphatic heterocycles. The highest BCUT2D eigenvalue weighted by molar-refractivity contribution is 5.96. The van der Waals surface area contributed by atoms with E-state index in [1.807, 2.05) is 0 Å². The lowest BCUT2D eigenvalue weighted by Gasteiger charge is -2.12. The van der Waals surface area contributed by atoms with Gasteiger partial charge in [-0.05, 0) is 13.3 Å². The molecule has 2 N–H and O–H groups in total. The highest BCUT2D eigenvalue weighted by atomic mass is 16.6. The molecule has 0 radical (unpaired) electrons. The van der Waals surface area contributed by atoms with Crippen molar-refractivity contribution in [2.75, 3.05) is 0 Å². The summed E-state index contributed by atoms with van der Waals surface area (Å²) in [5, 5.41) is 21.8. The lowest BCUT2D eigenvalue weighted by molar-refractivity contribution is -0.384. The Bertz CT molecular complexity index is 508. The second-order valence-electron chi connectivity index (χ2n) is 3.90. The van der Waals surface area contributed by atoms with Gasteiger partial charge in [-0.15, -0.1) is 0 Å². The minimum Gasteiger partial charge on any atom is -0.480 e. The molecule has 0 fully saturated rings. The van der Waals surface area contributed by atoms with Gasteiger partial charge in [-0.1, -0.05) is 6.92 Å². The summed E-state index contributed by atoms with van der Waals surface area (Å²) in [7, 11) is 0. The third-order valence-corrected chi connectivity index (χ3v) is 2.68. The minimum absolute atomic E-state index is 0.0777. The van der Waals surface area contributed by atoms with Crippen molar-refractivity contribution in [3.8, 4) is 0 Å². The van der Waals surface area contributed by atoms with E-state index in [1.54, 1.807) is 13.8 Å². The first-order chi connectivity index (χ1) is 8.90. The Balaban J connectivity index is 2.98. The van der Waals surface area contributed by atoms with Gasteiger partial charge in [0.2, 0.25) is 0 Å². The summed E-state index contributed by atoms with van der Waals surface area (Å²) in [6.45, 7) is 3.73. The molecule has 0 unspecified atom stereocenters. The molecule has 0 aromatic carbocycles. The number of aromatic nitrogens is 1. The Labute approximate surface area is 109 Å². The number of carbonyl (C=O) groups excluding carboxylic acids is 1. The number of hydrogen-bond donors (Lipinski definition) is 2. The van der Waals surface area contributed by atoms with E-state index in [0.717, 1.165) is 6.07 Å². The number of nitrogens with zero attached hydrogens (tertiary/aromatic N) is 2. The first kappa shape index (κ1) is 14.7. The fourth-order valence-corrected chi connectivity index (χ4v) is 1.62. The number of aryl methyl sites for hydroxylation is 1. The van der Waals surface area contributed by atoms with Gasteiger partial charge < -0.3 is 15.0 Å². The molecule has 0 bridgehead atoms. The topological polar surface area (TPSA) is 114 Å². The zero-order valence-corrected chi connectivity index (χ0v) is 10.6. The van der Waals surface area contributed by atoms with Crippen LogP contribution in [0.2, 0.25) is 0 Å². The number of aliphatic carboxylic acids is 1. The summed E-state index contributed by atoms with van der Waals surface area (Å²) in [6.07, 6.45) is 1.48. The zero-order chi connectivity index (χ0) is 14.6. The van der Waals surface area contributed by atoms with Gasteiger partial charge in [0.1, 0.15) is 11.7 Å².